The van der Waals surface area contributed by atoms with E-state index in [1.165, 1.54) is 0 Å². The zero-order chi connectivity index (χ0) is 18.7. The van der Waals surface area contributed by atoms with E-state index >= 15 is 0 Å². The molecule has 0 radical (unpaired) electrons. The maximum Gasteiger partial charge on any atom is 0.291 e. The number of anilines is 1. The van der Waals surface area contributed by atoms with Crippen LogP contribution in [0.1, 0.15) is 35.0 Å². The second-order valence-corrected chi connectivity index (χ2v) is 6.28. The lowest BCUT2D eigenvalue weighted by atomic mass is 10.0. The Morgan fingerprint density at radius 2 is 2.00 bits per heavy atom. The van der Waals surface area contributed by atoms with Gasteiger partial charge in [-0.1, -0.05) is 53.4 Å². The normalized spacial score (nSPS) is 11.5. The van der Waals surface area contributed by atoms with Crippen LogP contribution in [0.15, 0.2) is 23.3 Å². The van der Waals surface area contributed by atoms with E-state index < -0.39 is 5.91 Å². The van der Waals surface area contributed by atoms with Crippen molar-refractivity contribution in [1.29, 1.82) is 0 Å². The van der Waals surface area contributed by atoms with Crippen LogP contribution in [-0.4, -0.2) is 21.7 Å². The molecule has 9 heteroatoms. The van der Waals surface area contributed by atoms with Gasteiger partial charge in [0, 0.05) is 5.56 Å². The average Bonchev–Trinajstić information content (AvgIpc) is 2.59. The lowest BCUT2D eigenvalue weighted by Gasteiger charge is -2.10. The summed E-state index contributed by atoms with van der Waals surface area (Å²) in [5, 5.41) is 13.8. The highest BCUT2D eigenvalue weighted by atomic mass is 35.5. The Hall–Kier alpha value is -2.02. The van der Waals surface area contributed by atoms with Crippen molar-refractivity contribution in [3.8, 4) is 5.75 Å². The molecular weight excluding hydrogens is 387 g/mol. The maximum absolute atomic E-state index is 12.3. The Labute approximate surface area is 159 Å². The van der Waals surface area contributed by atoms with Gasteiger partial charge in [-0.2, -0.15) is 5.10 Å². The van der Waals surface area contributed by atoms with Gasteiger partial charge in [-0.25, -0.2) is 10.4 Å². The molecule has 0 unspecified atom stereocenters. The Morgan fingerprint density at radius 3 is 2.64 bits per heavy atom. The van der Waals surface area contributed by atoms with Crippen LogP contribution in [0.2, 0.25) is 15.2 Å². The average molecular weight is 402 g/mol. The zero-order valence-corrected chi connectivity index (χ0v) is 15.7. The fourth-order valence-corrected chi connectivity index (χ4v) is 2.66. The highest BCUT2D eigenvalue weighted by Crippen LogP contribution is 2.34. The van der Waals surface area contributed by atoms with Crippen molar-refractivity contribution in [3.63, 3.8) is 0 Å². The molecule has 0 atom stereocenters. The number of pyridine rings is 1. The quantitative estimate of drug-likeness (QED) is 0.406. The second-order valence-electron chi connectivity index (χ2n) is 5.17. The van der Waals surface area contributed by atoms with Crippen molar-refractivity contribution in [2.24, 2.45) is 5.10 Å². The Balaban J connectivity index is 2.34. The minimum absolute atomic E-state index is 0.0225. The topological polar surface area (TPSA) is 101 Å². The maximum atomic E-state index is 12.3. The van der Waals surface area contributed by atoms with E-state index in [2.05, 4.69) is 15.5 Å². The molecule has 0 fully saturated rings. The number of rotatable bonds is 4. The molecule has 2 aromatic rings. The summed E-state index contributed by atoms with van der Waals surface area (Å²) in [7, 11) is 0. The van der Waals surface area contributed by atoms with Crippen LogP contribution in [0.4, 0.5) is 5.69 Å². The largest absolute Gasteiger partial charge is 0.507 e. The van der Waals surface area contributed by atoms with Gasteiger partial charge in [-0.15, -0.1) is 0 Å². The first-order valence-electron chi connectivity index (χ1n) is 7.23. The molecule has 1 amide bonds. The highest BCUT2D eigenvalue weighted by molar-refractivity contribution is 6.46. The number of aryl methyl sites for hydroxylation is 1. The van der Waals surface area contributed by atoms with Crippen molar-refractivity contribution in [3.05, 3.63) is 50.2 Å². The van der Waals surface area contributed by atoms with Gasteiger partial charge in [0.25, 0.3) is 5.91 Å². The van der Waals surface area contributed by atoms with Crippen LogP contribution in [-0.2, 0) is 0 Å². The summed E-state index contributed by atoms with van der Waals surface area (Å²) in [5.41, 5.74) is 9.76. The fourth-order valence-electron chi connectivity index (χ4n) is 2.06. The fraction of sp³-hybridized carbons (Fsp3) is 0.188. The van der Waals surface area contributed by atoms with Gasteiger partial charge in [0.2, 0.25) is 0 Å². The molecule has 0 saturated heterocycles. The molecule has 0 saturated carbocycles. The molecule has 1 aromatic carbocycles. The second kappa shape index (κ2) is 7.91. The monoisotopic (exact) mass is 400 g/mol. The number of hydrazone groups is 1. The number of nitrogen functional groups attached to an aromatic ring is 1. The number of amides is 1. The molecule has 2 rings (SSSR count). The third-order valence-electron chi connectivity index (χ3n) is 3.38. The number of nitrogens with one attached hydrogen (secondary N) is 1. The number of hydrogen-bond donors (Lipinski definition) is 3. The predicted molar refractivity (Wildman–Crippen MR) is 101 cm³/mol. The van der Waals surface area contributed by atoms with Crippen LogP contribution >= 0.6 is 34.8 Å². The first-order chi connectivity index (χ1) is 11.8. The lowest BCUT2D eigenvalue weighted by Crippen LogP contribution is -2.22. The summed E-state index contributed by atoms with van der Waals surface area (Å²) < 4.78 is 0. The first-order valence-corrected chi connectivity index (χ1v) is 8.36. The number of carbonyl (C=O) groups excluding carboxylic acids is 1. The van der Waals surface area contributed by atoms with Crippen LogP contribution in [0, 0.1) is 6.92 Å². The standard InChI is InChI=1S/C16H15Cl3N4O2/c1-3-9(8-6-7(2)4-5-10(8)24)22-23-16(25)14-11(17)13(20)12(18)15(19)21-14/h4-6,24H,3H2,1-2H3,(H2,20,21)(H,23,25)/b22-9+. The summed E-state index contributed by atoms with van der Waals surface area (Å²) in [5.74, 6) is -0.635. The highest BCUT2D eigenvalue weighted by Gasteiger charge is 2.20. The van der Waals surface area contributed by atoms with Gasteiger partial charge in [-0.3, -0.25) is 4.79 Å². The van der Waals surface area contributed by atoms with Crippen LogP contribution in [0.3, 0.4) is 0 Å². The van der Waals surface area contributed by atoms with E-state index in [1.807, 2.05) is 13.8 Å². The SMILES string of the molecule is CC/C(=N\NC(=O)c1nc(Cl)c(Cl)c(N)c1Cl)c1cc(C)ccc1O. The van der Waals surface area contributed by atoms with Gasteiger partial charge in [0.1, 0.15) is 10.8 Å². The summed E-state index contributed by atoms with van der Waals surface area (Å²) in [6.07, 6.45) is 0.474. The Kier molecular flexibility index (Phi) is 6.11. The van der Waals surface area contributed by atoms with E-state index in [-0.39, 0.29) is 32.3 Å². The Bertz CT molecular complexity index is 869. The van der Waals surface area contributed by atoms with Crippen LogP contribution in [0.5, 0.6) is 5.75 Å². The smallest absolute Gasteiger partial charge is 0.291 e. The number of phenolic OH excluding ortho intramolecular Hbond substituents is 1. The molecular formula is C16H15Cl3N4O2. The molecule has 0 aliphatic rings. The third kappa shape index (κ3) is 4.15. The molecule has 0 aliphatic carbocycles. The molecule has 132 valence electrons. The van der Waals surface area contributed by atoms with E-state index in [4.69, 9.17) is 40.5 Å². The number of aromatic hydroxyl groups is 1. The lowest BCUT2D eigenvalue weighted by molar-refractivity contribution is 0.0950. The minimum atomic E-state index is -0.701. The van der Waals surface area contributed by atoms with Crippen molar-refractivity contribution in [1.82, 2.24) is 10.4 Å². The number of nitrogens with two attached hydrogens (primary N) is 1. The number of carbonyl (C=O) groups is 1. The van der Waals surface area contributed by atoms with Gasteiger partial charge in [-0.05, 0) is 25.5 Å². The minimum Gasteiger partial charge on any atom is -0.507 e. The first kappa shape index (κ1) is 19.3. The van der Waals surface area contributed by atoms with Crippen molar-refractivity contribution in [2.75, 3.05) is 5.73 Å². The number of halogens is 3. The molecule has 6 nitrogen and oxygen atoms in total. The van der Waals surface area contributed by atoms with E-state index in [0.717, 1.165) is 5.56 Å². The molecule has 1 aromatic heterocycles. The number of aromatic nitrogens is 1. The number of nitrogens with zero attached hydrogens (tertiary/aromatic N) is 2. The van der Waals surface area contributed by atoms with Crippen molar-refractivity contribution < 1.29 is 9.90 Å². The zero-order valence-electron chi connectivity index (χ0n) is 13.4. The van der Waals surface area contributed by atoms with Gasteiger partial charge in [0.05, 0.1) is 16.4 Å². The summed E-state index contributed by atoms with van der Waals surface area (Å²) in [6.45, 7) is 3.73. The molecule has 0 aliphatic heterocycles. The molecule has 4 N–H and O–H groups in total. The van der Waals surface area contributed by atoms with Crippen molar-refractivity contribution in [2.45, 2.75) is 20.3 Å². The number of hydrogen-bond acceptors (Lipinski definition) is 5. The van der Waals surface area contributed by atoms with Gasteiger partial charge < -0.3 is 10.8 Å². The Morgan fingerprint density at radius 1 is 1.32 bits per heavy atom. The molecule has 0 bridgehead atoms. The van der Waals surface area contributed by atoms with E-state index in [9.17, 15) is 9.90 Å². The summed E-state index contributed by atoms with van der Waals surface area (Å²) in [6, 6.07) is 5.11. The third-order valence-corrected chi connectivity index (χ3v) is 4.51. The summed E-state index contributed by atoms with van der Waals surface area (Å²) >= 11 is 17.7. The summed E-state index contributed by atoms with van der Waals surface area (Å²) in [4.78, 5) is 16.1. The predicted octanol–water partition coefficient (Wildman–Crippen LogP) is 4.18. The van der Waals surface area contributed by atoms with Crippen LogP contribution in [0.25, 0.3) is 0 Å². The van der Waals surface area contributed by atoms with Gasteiger partial charge >= 0.3 is 0 Å². The molecule has 1 heterocycles. The van der Waals surface area contributed by atoms with Crippen molar-refractivity contribution >= 4 is 52.1 Å². The number of benzene rings is 1. The number of phenols is 1. The molecule has 25 heavy (non-hydrogen) atoms. The van der Waals surface area contributed by atoms with Gasteiger partial charge in [0.15, 0.2) is 10.8 Å². The van der Waals surface area contributed by atoms with Crippen LogP contribution < -0.4 is 11.2 Å². The van der Waals surface area contributed by atoms with E-state index in [1.54, 1.807) is 18.2 Å². The molecule has 0 spiro atoms. The van der Waals surface area contributed by atoms with E-state index in [0.29, 0.717) is 17.7 Å².